The van der Waals surface area contributed by atoms with Gasteiger partial charge in [0.25, 0.3) is 0 Å². The third kappa shape index (κ3) is 27.1. The summed E-state index contributed by atoms with van der Waals surface area (Å²) in [7, 11) is -1.91. The van der Waals surface area contributed by atoms with Crippen LogP contribution in [0.2, 0.25) is 0 Å². The summed E-state index contributed by atoms with van der Waals surface area (Å²) >= 11 is 0. The highest BCUT2D eigenvalue weighted by Crippen LogP contribution is 2.13. The fourth-order valence-electron chi connectivity index (χ4n) is 0.352. The van der Waals surface area contributed by atoms with Crippen LogP contribution in [0.25, 0.3) is 0 Å². The Balaban J connectivity index is 0. The summed E-state index contributed by atoms with van der Waals surface area (Å²) in [4.78, 5) is 16.6. The first-order valence-electron chi connectivity index (χ1n) is 2.97. The smallest absolute Gasteiger partial charge is 0.222 e. The molecule has 5 heteroatoms. The maximum atomic E-state index is 9.99. The summed E-state index contributed by atoms with van der Waals surface area (Å²) < 4.78 is 9.99. The fraction of sp³-hybridized carbons (Fsp3) is 0.500. The molecule has 0 saturated carbocycles. The third-order valence-electron chi connectivity index (χ3n) is 0.723. The summed E-state index contributed by atoms with van der Waals surface area (Å²) in [6.07, 6.45) is 5.60. The molecule has 0 spiro atoms. The first kappa shape index (κ1) is 12.8. The van der Waals surface area contributed by atoms with Gasteiger partial charge in [-0.05, 0) is 11.5 Å². The zero-order valence-corrected chi connectivity index (χ0v) is 7.17. The lowest BCUT2D eigenvalue weighted by Crippen LogP contribution is -1.70. The van der Waals surface area contributed by atoms with Crippen molar-refractivity contribution in [2.24, 2.45) is 0 Å². The van der Waals surface area contributed by atoms with Gasteiger partial charge in [0.1, 0.15) is 0 Å². The van der Waals surface area contributed by atoms with Gasteiger partial charge in [-0.3, -0.25) is 0 Å². The van der Waals surface area contributed by atoms with Gasteiger partial charge in [-0.1, -0.05) is 12.2 Å². The molecule has 1 atom stereocenters. The van der Waals surface area contributed by atoms with E-state index in [1.165, 1.54) is 0 Å². The summed E-state index contributed by atoms with van der Waals surface area (Å²) in [5.74, 6) is 0. The highest BCUT2D eigenvalue weighted by Gasteiger charge is 2.05. The second-order valence-corrected chi connectivity index (χ2v) is 2.69. The molecular weight excluding hydrogens is 165 g/mol. The highest BCUT2D eigenvalue weighted by molar-refractivity contribution is 7.37. The molecule has 0 fully saturated rings. The van der Waals surface area contributed by atoms with Crippen LogP contribution < -0.4 is 0 Å². The summed E-state index contributed by atoms with van der Waals surface area (Å²) in [5.41, 5.74) is 0. The molecule has 0 rings (SSSR count). The zero-order chi connectivity index (χ0) is 9.11. The van der Waals surface area contributed by atoms with E-state index in [1.807, 2.05) is 19.1 Å². The van der Waals surface area contributed by atoms with Gasteiger partial charge >= 0.3 is 8.03 Å². The Morgan fingerprint density at radius 2 is 2.18 bits per heavy atom. The predicted octanol–water partition coefficient (Wildman–Crippen LogP) is 1.59. The number of nitrogens with one attached hydrogen (secondary N) is 1. The van der Waals surface area contributed by atoms with Crippen molar-refractivity contribution in [3.8, 4) is 0 Å². The summed E-state index contributed by atoms with van der Waals surface area (Å²) in [6, 6.07) is 0. The molecular formula is C6H11NO3P+. The van der Waals surface area contributed by atoms with Crippen molar-refractivity contribution in [1.82, 2.24) is 0 Å². The molecule has 0 heterocycles. The van der Waals surface area contributed by atoms with Crippen LogP contribution in [0.4, 0.5) is 0 Å². The van der Waals surface area contributed by atoms with Gasteiger partial charge in [0.05, 0.1) is 0 Å². The van der Waals surface area contributed by atoms with E-state index in [2.05, 4.69) is 0 Å². The number of allylic oxidation sites excluding steroid dienone is 2. The van der Waals surface area contributed by atoms with Gasteiger partial charge < -0.3 is 0 Å². The highest BCUT2D eigenvalue weighted by atomic mass is 31.1. The summed E-state index contributed by atoms with van der Waals surface area (Å²) in [5, 5.41) is 5.40. The molecule has 0 bridgehead atoms. The molecule has 11 heavy (non-hydrogen) atoms. The van der Waals surface area contributed by atoms with Crippen molar-refractivity contribution in [1.29, 1.82) is 5.41 Å². The van der Waals surface area contributed by atoms with Gasteiger partial charge in [0.2, 0.25) is 6.08 Å². The average Bonchev–Trinajstić information content (AvgIpc) is 1.89. The number of isocyanates is 1. The first-order chi connectivity index (χ1) is 5.18. The second-order valence-electron chi connectivity index (χ2n) is 1.54. The minimum Gasteiger partial charge on any atom is -0.222 e. The maximum Gasteiger partial charge on any atom is 0.505 e. The van der Waals surface area contributed by atoms with Crippen LogP contribution in [0.15, 0.2) is 12.2 Å². The van der Waals surface area contributed by atoms with Crippen LogP contribution in [0.3, 0.4) is 0 Å². The Morgan fingerprint density at radius 1 is 1.73 bits per heavy atom. The van der Waals surface area contributed by atoms with E-state index < -0.39 is 8.03 Å². The molecule has 0 saturated heterocycles. The van der Waals surface area contributed by atoms with Gasteiger partial charge in [0, 0.05) is 6.42 Å². The molecule has 2 N–H and O–H groups in total. The third-order valence-corrected chi connectivity index (χ3v) is 1.36. The predicted molar refractivity (Wildman–Crippen MR) is 42.5 cm³/mol. The second kappa shape index (κ2) is 11.9. The van der Waals surface area contributed by atoms with Crippen molar-refractivity contribution in [2.45, 2.75) is 13.3 Å². The monoisotopic (exact) mass is 176 g/mol. The van der Waals surface area contributed by atoms with Crippen LogP contribution in [0.5, 0.6) is 0 Å². The quantitative estimate of drug-likeness (QED) is 0.296. The minimum absolute atomic E-state index is 0.389. The van der Waals surface area contributed by atoms with Crippen molar-refractivity contribution in [3.05, 3.63) is 12.2 Å². The van der Waals surface area contributed by atoms with E-state index in [0.717, 1.165) is 6.08 Å². The van der Waals surface area contributed by atoms with E-state index in [0.29, 0.717) is 12.6 Å². The lowest BCUT2D eigenvalue weighted by molar-refractivity contribution is 0.503. The van der Waals surface area contributed by atoms with E-state index in [9.17, 15) is 4.57 Å². The average molecular weight is 176 g/mol. The van der Waals surface area contributed by atoms with E-state index >= 15 is 0 Å². The Bertz CT molecular complexity index is 161. The molecule has 0 aliphatic heterocycles. The molecule has 0 aliphatic carbocycles. The van der Waals surface area contributed by atoms with Crippen molar-refractivity contribution < 1.29 is 14.3 Å². The van der Waals surface area contributed by atoms with Crippen LogP contribution in [-0.2, 0) is 9.36 Å². The largest absolute Gasteiger partial charge is 0.505 e. The van der Waals surface area contributed by atoms with Crippen LogP contribution >= 0.6 is 8.03 Å². The molecule has 0 aromatic rings. The Kier molecular flexibility index (Phi) is 13.9. The first-order valence-corrected chi connectivity index (χ1v) is 4.37. The Labute approximate surface area is 66.3 Å². The topological polar surface area (TPSA) is 78.2 Å². The lowest BCUT2D eigenvalue weighted by atomic mass is 10.4. The fourth-order valence-corrected chi connectivity index (χ4v) is 0.722. The van der Waals surface area contributed by atoms with Crippen LogP contribution in [0.1, 0.15) is 13.3 Å². The van der Waals surface area contributed by atoms with Crippen LogP contribution in [0, 0.1) is 5.41 Å². The van der Waals surface area contributed by atoms with Gasteiger partial charge in [-0.15, -0.1) is 0 Å². The molecule has 0 amide bonds. The Hall–Kier alpha value is -0.820. The number of rotatable bonds is 3. The molecule has 4 nitrogen and oxygen atoms in total. The molecule has 0 aliphatic rings. The molecule has 0 aromatic heterocycles. The van der Waals surface area contributed by atoms with E-state index in [1.54, 1.807) is 0 Å². The number of hydrogen-bond acceptors (Lipinski definition) is 3. The van der Waals surface area contributed by atoms with Crippen molar-refractivity contribution >= 4 is 14.1 Å². The zero-order valence-electron chi connectivity index (χ0n) is 6.28. The van der Waals surface area contributed by atoms with Crippen LogP contribution in [-0.4, -0.2) is 17.1 Å². The van der Waals surface area contributed by atoms with Gasteiger partial charge in [-0.2, -0.15) is 4.89 Å². The van der Waals surface area contributed by atoms with E-state index in [-0.39, 0.29) is 0 Å². The standard InChI is InChI=1S/C5H9O2P.CHNO/c1-2-3-4-5-8(6)7;2-1-3/h2-3H,4-5H2,1H3;2H/p+1. The molecule has 1 unspecified atom stereocenters. The number of carbonyl (C=O) groups excluding carboxylic acids is 1. The lowest BCUT2D eigenvalue weighted by Gasteiger charge is -1.73. The normalized spacial score (nSPS) is 9.82. The number of hydrogen-bond donors (Lipinski definition) is 2. The molecule has 62 valence electrons. The van der Waals surface area contributed by atoms with Gasteiger partial charge in [0.15, 0.2) is 6.16 Å². The van der Waals surface area contributed by atoms with Gasteiger partial charge in [-0.25, -0.2) is 10.2 Å². The van der Waals surface area contributed by atoms with Crippen molar-refractivity contribution in [2.75, 3.05) is 6.16 Å². The van der Waals surface area contributed by atoms with E-state index in [4.69, 9.17) is 15.1 Å². The minimum atomic E-state index is -1.91. The molecule has 0 radical (unpaired) electrons. The summed E-state index contributed by atoms with van der Waals surface area (Å²) in [6.45, 7) is 1.89. The Morgan fingerprint density at radius 3 is 2.45 bits per heavy atom. The van der Waals surface area contributed by atoms with Crippen molar-refractivity contribution in [3.63, 3.8) is 0 Å². The SMILES string of the molecule is CC=CCC[P+](=O)O.N=C=O. The maximum absolute atomic E-state index is 9.99. The molecule has 0 aromatic carbocycles.